The summed E-state index contributed by atoms with van der Waals surface area (Å²) in [6, 6.07) is 7.45. The molecule has 1 aromatic carbocycles. The maximum Gasteiger partial charge on any atom is 0.387 e. The largest absolute Gasteiger partial charge is 0.434 e. The molecule has 124 valence electrons. The standard InChI is InChI=1S/C16H22F2N2O.ClH/c17-16(18)21-15-4-2-1-3-13(15)14(11-12-5-6-12)20-9-7-19-8-10-20;/h1-4,12,14,16,19H,5-11H2;1H/t14-;/m0./s1. The second kappa shape index (κ2) is 8.09. The van der Waals surface area contributed by atoms with Crippen LogP contribution in [0.25, 0.3) is 0 Å². The van der Waals surface area contributed by atoms with E-state index in [0.29, 0.717) is 5.75 Å². The maximum absolute atomic E-state index is 12.6. The number of para-hydroxylation sites is 1. The Morgan fingerprint density at radius 2 is 1.86 bits per heavy atom. The van der Waals surface area contributed by atoms with Gasteiger partial charge in [0.15, 0.2) is 0 Å². The maximum atomic E-state index is 12.6. The lowest BCUT2D eigenvalue weighted by Crippen LogP contribution is -2.45. The van der Waals surface area contributed by atoms with E-state index in [0.717, 1.165) is 44.1 Å². The average molecular weight is 333 g/mol. The van der Waals surface area contributed by atoms with Gasteiger partial charge >= 0.3 is 6.61 Å². The van der Waals surface area contributed by atoms with E-state index in [-0.39, 0.29) is 18.4 Å². The van der Waals surface area contributed by atoms with Crippen LogP contribution in [0, 0.1) is 5.92 Å². The van der Waals surface area contributed by atoms with Crippen LogP contribution < -0.4 is 10.1 Å². The van der Waals surface area contributed by atoms with Gasteiger partial charge in [0, 0.05) is 37.8 Å². The number of alkyl halides is 2. The summed E-state index contributed by atoms with van der Waals surface area (Å²) in [6.07, 6.45) is 3.57. The Balaban J connectivity index is 0.00000176. The van der Waals surface area contributed by atoms with Crippen LogP contribution in [-0.2, 0) is 0 Å². The molecule has 0 unspecified atom stereocenters. The van der Waals surface area contributed by atoms with E-state index < -0.39 is 6.61 Å². The number of halogens is 3. The molecule has 0 spiro atoms. The normalized spacial score (nSPS) is 20.5. The molecular weight excluding hydrogens is 310 g/mol. The van der Waals surface area contributed by atoms with Gasteiger partial charge in [0.2, 0.25) is 0 Å². The van der Waals surface area contributed by atoms with Crippen LogP contribution in [-0.4, -0.2) is 37.7 Å². The quantitative estimate of drug-likeness (QED) is 0.863. The highest BCUT2D eigenvalue weighted by Crippen LogP contribution is 2.42. The Labute approximate surface area is 136 Å². The zero-order valence-corrected chi connectivity index (χ0v) is 13.3. The molecule has 3 rings (SSSR count). The summed E-state index contributed by atoms with van der Waals surface area (Å²) in [5.41, 5.74) is 0.909. The number of rotatable bonds is 6. The van der Waals surface area contributed by atoms with Crippen molar-refractivity contribution in [1.29, 1.82) is 0 Å². The van der Waals surface area contributed by atoms with Gasteiger partial charge in [-0.15, -0.1) is 12.4 Å². The number of piperazine rings is 1. The van der Waals surface area contributed by atoms with E-state index in [1.807, 2.05) is 12.1 Å². The van der Waals surface area contributed by atoms with Crippen LogP contribution in [0.5, 0.6) is 5.75 Å². The Kier molecular flexibility index (Phi) is 6.41. The van der Waals surface area contributed by atoms with Crippen molar-refractivity contribution in [1.82, 2.24) is 10.2 Å². The molecule has 3 nitrogen and oxygen atoms in total. The first kappa shape index (κ1) is 17.4. The highest BCUT2D eigenvalue weighted by molar-refractivity contribution is 5.85. The van der Waals surface area contributed by atoms with Crippen LogP contribution in [0.15, 0.2) is 24.3 Å². The van der Waals surface area contributed by atoms with Gasteiger partial charge in [-0.3, -0.25) is 4.90 Å². The third kappa shape index (κ3) is 4.54. The van der Waals surface area contributed by atoms with Crippen molar-refractivity contribution < 1.29 is 13.5 Å². The monoisotopic (exact) mass is 332 g/mol. The number of nitrogens with zero attached hydrogens (tertiary/aromatic N) is 1. The predicted molar refractivity (Wildman–Crippen MR) is 84.8 cm³/mol. The minimum atomic E-state index is -2.77. The van der Waals surface area contributed by atoms with Crippen molar-refractivity contribution in [3.8, 4) is 5.75 Å². The van der Waals surface area contributed by atoms with Gasteiger partial charge in [-0.25, -0.2) is 0 Å². The molecule has 0 radical (unpaired) electrons. The number of benzene rings is 1. The molecule has 22 heavy (non-hydrogen) atoms. The van der Waals surface area contributed by atoms with E-state index in [1.165, 1.54) is 12.8 Å². The fourth-order valence-corrected chi connectivity index (χ4v) is 3.09. The SMILES string of the molecule is Cl.FC(F)Oc1ccccc1[C@H](CC1CC1)N1CCNCC1. The van der Waals surface area contributed by atoms with Gasteiger partial charge in [-0.2, -0.15) is 8.78 Å². The second-order valence-corrected chi connectivity index (χ2v) is 5.90. The summed E-state index contributed by atoms with van der Waals surface area (Å²) < 4.78 is 30.0. The first-order valence-corrected chi connectivity index (χ1v) is 7.72. The van der Waals surface area contributed by atoms with Crippen LogP contribution >= 0.6 is 12.4 Å². The van der Waals surface area contributed by atoms with Gasteiger partial charge < -0.3 is 10.1 Å². The van der Waals surface area contributed by atoms with Crippen LogP contribution in [0.4, 0.5) is 8.78 Å². The van der Waals surface area contributed by atoms with E-state index in [4.69, 9.17) is 4.74 Å². The molecule has 2 fully saturated rings. The summed E-state index contributed by atoms with van der Waals surface area (Å²) in [5.74, 6) is 1.07. The van der Waals surface area contributed by atoms with Gasteiger partial charge in [0.1, 0.15) is 5.75 Å². The molecule has 1 saturated carbocycles. The van der Waals surface area contributed by atoms with E-state index in [1.54, 1.807) is 12.1 Å². The smallest absolute Gasteiger partial charge is 0.387 e. The molecule has 2 aliphatic rings. The lowest BCUT2D eigenvalue weighted by molar-refractivity contribution is -0.0513. The minimum Gasteiger partial charge on any atom is -0.434 e. The molecule has 1 N–H and O–H groups in total. The van der Waals surface area contributed by atoms with E-state index >= 15 is 0 Å². The predicted octanol–water partition coefficient (Wildman–Crippen LogP) is 3.46. The van der Waals surface area contributed by atoms with Crippen molar-refractivity contribution >= 4 is 12.4 Å². The number of ether oxygens (including phenoxy) is 1. The number of hydrogen-bond acceptors (Lipinski definition) is 3. The first-order valence-electron chi connectivity index (χ1n) is 7.72. The van der Waals surface area contributed by atoms with Crippen molar-refractivity contribution in [3.05, 3.63) is 29.8 Å². The fourth-order valence-electron chi connectivity index (χ4n) is 3.09. The van der Waals surface area contributed by atoms with Crippen molar-refractivity contribution in [3.63, 3.8) is 0 Å². The third-order valence-corrected chi connectivity index (χ3v) is 4.34. The average Bonchev–Trinajstić information content (AvgIpc) is 3.30. The number of hydrogen-bond donors (Lipinski definition) is 1. The molecule has 1 aromatic rings. The summed E-state index contributed by atoms with van der Waals surface area (Å²) >= 11 is 0. The molecule has 1 aliphatic heterocycles. The molecular formula is C16H23ClF2N2O. The number of nitrogens with one attached hydrogen (secondary N) is 1. The summed E-state index contributed by atoms with van der Waals surface area (Å²) in [6.45, 7) is 1.06. The van der Waals surface area contributed by atoms with Gasteiger partial charge in [-0.05, 0) is 18.4 Å². The summed E-state index contributed by atoms with van der Waals surface area (Å²) in [7, 11) is 0. The van der Waals surface area contributed by atoms with E-state index in [9.17, 15) is 8.78 Å². The second-order valence-electron chi connectivity index (χ2n) is 5.90. The molecule has 0 amide bonds. The molecule has 1 heterocycles. The van der Waals surface area contributed by atoms with Gasteiger partial charge in [0.05, 0.1) is 0 Å². The Morgan fingerprint density at radius 1 is 1.18 bits per heavy atom. The fraction of sp³-hybridized carbons (Fsp3) is 0.625. The van der Waals surface area contributed by atoms with Crippen molar-refractivity contribution in [2.45, 2.75) is 31.9 Å². The van der Waals surface area contributed by atoms with Crippen molar-refractivity contribution in [2.75, 3.05) is 26.2 Å². The zero-order valence-electron chi connectivity index (χ0n) is 12.5. The Morgan fingerprint density at radius 3 is 2.50 bits per heavy atom. The molecule has 0 bridgehead atoms. The molecule has 0 aromatic heterocycles. The van der Waals surface area contributed by atoms with Crippen LogP contribution in [0.1, 0.15) is 30.9 Å². The van der Waals surface area contributed by atoms with Gasteiger partial charge in [0.25, 0.3) is 0 Å². The zero-order chi connectivity index (χ0) is 14.7. The molecule has 1 saturated heterocycles. The highest BCUT2D eigenvalue weighted by atomic mass is 35.5. The Bertz CT molecular complexity index is 465. The first-order chi connectivity index (χ1) is 10.2. The molecule has 1 aliphatic carbocycles. The highest BCUT2D eigenvalue weighted by Gasteiger charge is 2.32. The summed E-state index contributed by atoms with van der Waals surface area (Å²) in [4.78, 5) is 2.41. The summed E-state index contributed by atoms with van der Waals surface area (Å²) in [5, 5.41) is 3.34. The Hall–Kier alpha value is -0.910. The minimum absolute atomic E-state index is 0. The topological polar surface area (TPSA) is 24.5 Å². The van der Waals surface area contributed by atoms with Crippen LogP contribution in [0.3, 0.4) is 0 Å². The molecule has 1 atom stereocenters. The lowest BCUT2D eigenvalue weighted by Gasteiger charge is -2.36. The van der Waals surface area contributed by atoms with Gasteiger partial charge in [-0.1, -0.05) is 31.0 Å². The molecule has 6 heteroatoms. The lowest BCUT2D eigenvalue weighted by atomic mass is 9.97. The van der Waals surface area contributed by atoms with E-state index in [2.05, 4.69) is 10.2 Å². The third-order valence-electron chi connectivity index (χ3n) is 4.34. The van der Waals surface area contributed by atoms with Crippen LogP contribution in [0.2, 0.25) is 0 Å². The van der Waals surface area contributed by atoms with Crippen molar-refractivity contribution in [2.24, 2.45) is 5.92 Å².